The van der Waals surface area contributed by atoms with Gasteiger partial charge in [0.1, 0.15) is 0 Å². The fourth-order valence-corrected chi connectivity index (χ4v) is 3.79. The number of aromatic nitrogens is 1. The minimum atomic E-state index is 0. The lowest BCUT2D eigenvalue weighted by Crippen LogP contribution is -2.40. The first kappa shape index (κ1) is 17.0. The van der Waals surface area contributed by atoms with Crippen LogP contribution in [0.4, 0.5) is 0 Å². The summed E-state index contributed by atoms with van der Waals surface area (Å²) in [5.74, 6) is 1.44. The van der Waals surface area contributed by atoms with Crippen molar-refractivity contribution in [3.05, 3.63) is 29.0 Å². The van der Waals surface area contributed by atoms with Crippen LogP contribution in [0.1, 0.15) is 37.3 Å². The maximum absolute atomic E-state index is 6.27. The van der Waals surface area contributed by atoms with Crippen LogP contribution in [0.2, 0.25) is 5.02 Å². The average molecular weight is 330 g/mol. The standard InChI is InChI=1S/C16H24ClN3.ClH/c17-15-2-1-7-19-16(15)14-5-10-20(11-6-14)12-13-3-8-18-9-4-13;/h1-2,7,13-14,18H,3-6,8-12H2;1H. The number of nitrogens with zero attached hydrogens (tertiary/aromatic N) is 2. The molecule has 3 nitrogen and oxygen atoms in total. The van der Waals surface area contributed by atoms with Crippen LogP contribution in [0, 0.1) is 5.92 Å². The Morgan fingerprint density at radius 3 is 2.57 bits per heavy atom. The van der Waals surface area contributed by atoms with Crippen molar-refractivity contribution in [2.45, 2.75) is 31.6 Å². The van der Waals surface area contributed by atoms with Crippen molar-refractivity contribution in [2.75, 3.05) is 32.7 Å². The smallest absolute Gasteiger partial charge is 0.0624 e. The fraction of sp³-hybridized carbons (Fsp3) is 0.688. The van der Waals surface area contributed by atoms with Gasteiger partial charge in [0, 0.05) is 18.7 Å². The quantitative estimate of drug-likeness (QED) is 0.921. The maximum atomic E-state index is 6.27. The van der Waals surface area contributed by atoms with Gasteiger partial charge in [-0.15, -0.1) is 12.4 Å². The van der Waals surface area contributed by atoms with E-state index in [1.165, 1.54) is 58.4 Å². The maximum Gasteiger partial charge on any atom is 0.0624 e. The highest BCUT2D eigenvalue weighted by molar-refractivity contribution is 6.31. The Balaban J connectivity index is 0.00000161. The summed E-state index contributed by atoms with van der Waals surface area (Å²) in [4.78, 5) is 7.13. The van der Waals surface area contributed by atoms with Crippen molar-refractivity contribution in [2.24, 2.45) is 5.92 Å². The van der Waals surface area contributed by atoms with E-state index in [4.69, 9.17) is 11.6 Å². The molecule has 0 spiro atoms. The molecule has 0 aliphatic carbocycles. The SMILES string of the molecule is Cl.Clc1cccnc1C1CCN(CC2CCNCC2)CC1. The van der Waals surface area contributed by atoms with Crippen molar-refractivity contribution in [1.29, 1.82) is 0 Å². The van der Waals surface area contributed by atoms with Gasteiger partial charge in [0.25, 0.3) is 0 Å². The van der Waals surface area contributed by atoms with E-state index in [-0.39, 0.29) is 12.4 Å². The summed E-state index contributed by atoms with van der Waals surface area (Å²) in [6.45, 7) is 6.07. The van der Waals surface area contributed by atoms with Gasteiger partial charge in [-0.05, 0) is 69.9 Å². The Kier molecular flexibility index (Phi) is 6.74. The number of pyridine rings is 1. The first-order valence-electron chi connectivity index (χ1n) is 7.86. The molecule has 2 saturated heterocycles. The largest absolute Gasteiger partial charge is 0.317 e. The summed E-state index contributed by atoms with van der Waals surface area (Å²) in [6.07, 6.45) is 6.93. The molecule has 2 aliphatic heterocycles. The molecule has 0 radical (unpaired) electrons. The zero-order valence-corrected chi connectivity index (χ0v) is 14.0. The molecule has 1 aromatic heterocycles. The summed E-state index contributed by atoms with van der Waals surface area (Å²) in [7, 11) is 0. The van der Waals surface area contributed by atoms with Crippen LogP contribution in [0.15, 0.2) is 18.3 Å². The third kappa shape index (κ3) is 4.56. The Morgan fingerprint density at radius 2 is 1.90 bits per heavy atom. The van der Waals surface area contributed by atoms with Crippen LogP contribution in [0.3, 0.4) is 0 Å². The van der Waals surface area contributed by atoms with Crippen molar-refractivity contribution in [3.8, 4) is 0 Å². The van der Waals surface area contributed by atoms with Crippen LogP contribution in [0.25, 0.3) is 0 Å². The van der Waals surface area contributed by atoms with Gasteiger partial charge in [0.05, 0.1) is 10.7 Å². The van der Waals surface area contributed by atoms with Crippen molar-refractivity contribution in [1.82, 2.24) is 15.2 Å². The second-order valence-electron chi connectivity index (χ2n) is 6.14. The topological polar surface area (TPSA) is 28.2 Å². The number of halogens is 2. The van der Waals surface area contributed by atoms with Gasteiger partial charge < -0.3 is 10.2 Å². The zero-order chi connectivity index (χ0) is 13.8. The predicted octanol–water partition coefficient (Wildman–Crippen LogP) is 3.34. The third-order valence-corrected chi connectivity index (χ3v) is 5.06. The summed E-state index contributed by atoms with van der Waals surface area (Å²) in [5.41, 5.74) is 1.11. The lowest BCUT2D eigenvalue weighted by molar-refractivity contribution is 0.166. The first-order valence-corrected chi connectivity index (χ1v) is 8.24. The van der Waals surface area contributed by atoms with E-state index in [0.717, 1.165) is 16.6 Å². The molecule has 3 rings (SSSR count). The Hall–Kier alpha value is -0.350. The van der Waals surface area contributed by atoms with Crippen molar-refractivity contribution >= 4 is 24.0 Å². The molecule has 5 heteroatoms. The highest BCUT2D eigenvalue weighted by Gasteiger charge is 2.25. The number of likely N-dealkylation sites (tertiary alicyclic amines) is 1. The molecule has 0 atom stereocenters. The van der Waals surface area contributed by atoms with Crippen LogP contribution >= 0.6 is 24.0 Å². The molecule has 0 bridgehead atoms. The van der Waals surface area contributed by atoms with E-state index in [0.29, 0.717) is 5.92 Å². The molecule has 0 unspecified atom stereocenters. The number of rotatable bonds is 3. The average Bonchev–Trinajstić information content (AvgIpc) is 2.50. The molecule has 2 fully saturated rings. The minimum absolute atomic E-state index is 0. The van der Waals surface area contributed by atoms with Gasteiger partial charge in [-0.25, -0.2) is 0 Å². The first-order chi connectivity index (χ1) is 9.83. The van der Waals surface area contributed by atoms with E-state index >= 15 is 0 Å². The van der Waals surface area contributed by atoms with Crippen LogP contribution in [-0.2, 0) is 0 Å². The molecule has 0 saturated carbocycles. The van der Waals surface area contributed by atoms with E-state index in [1.807, 2.05) is 18.3 Å². The van der Waals surface area contributed by atoms with Gasteiger partial charge in [-0.3, -0.25) is 4.98 Å². The molecule has 2 aliphatic rings. The molecule has 21 heavy (non-hydrogen) atoms. The highest BCUT2D eigenvalue weighted by Crippen LogP contribution is 2.31. The van der Waals surface area contributed by atoms with E-state index in [2.05, 4.69) is 15.2 Å². The minimum Gasteiger partial charge on any atom is -0.317 e. The molecule has 118 valence electrons. The molecule has 1 aromatic rings. The number of nitrogens with one attached hydrogen (secondary N) is 1. The summed E-state index contributed by atoms with van der Waals surface area (Å²) >= 11 is 6.27. The van der Waals surface area contributed by atoms with Gasteiger partial charge in [-0.1, -0.05) is 11.6 Å². The van der Waals surface area contributed by atoms with Gasteiger partial charge in [-0.2, -0.15) is 0 Å². The van der Waals surface area contributed by atoms with E-state index < -0.39 is 0 Å². The monoisotopic (exact) mass is 329 g/mol. The van der Waals surface area contributed by atoms with E-state index in [9.17, 15) is 0 Å². The second-order valence-corrected chi connectivity index (χ2v) is 6.55. The number of hydrogen-bond donors (Lipinski definition) is 1. The lowest BCUT2D eigenvalue weighted by atomic mass is 9.91. The summed E-state index contributed by atoms with van der Waals surface area (Å²) < 4.78 is 0. The highest BCUT2D eigenvalue weighted by atomic mass is 35.5. The Labute approximate surface area is 138 Å². The predicted molar refractivity (Wildman–Crippen MR) is 90.5 cm³/mol. The lowest BCUT2D eigenvalue weighted by Gasteiger charge is -2.35. The normalized spacial score (nSPS) is 22.0. The summed E-state index contributed by atoms with van der Waals surface area (Å²) in [6, 6.07) is 3.88. The van der Waals surface area contributed by atoms with Gasteiger partial charge >= 0.3 is 0 Å². The third-order valence-electron chi connectivity index (χ3n) is 4.74. The fourth-order valence-electron chi connectivity index (χ4n) is 3.52. The molecule has 0 amide bonds. The van der Waals surface area contributed by atoms with Gasteiger partial charge in [0.2, 0.25) is 0 Å². The Bertz CT molecular complexity index is 427. The van der Waals surface area contributed by atoms with Crippen LogP contribution in [0.5, 0.6) is 0 Å². The van der Waals surface area contributed by atoms with Crippen molar-refractivity contribution in [3.63, 3.8) is 0 Å². The van der Waals surface area contributed by atoms with Crippen LogP contribution in [-0.4, -0.2) is 42.6 Å². The Morgan fingerprint density at radius 1 is 1.19 bits per heavy atom. The molecule has 3 heterocycles. The number of piperidine rings is 2. The second kappa shape index (κ2) is 8.33. The molecule has 1 N–H and O–H groups in total. The van der Waals surface area contributed by atoms with E-state index in [1.54, 1.807) is 0 Å². The zero-order valence-electron chi connectivity index (χ0n) is 12.4. The number of hydrogen-bond acceptors (Lipinski definition) is 3. The molecular formula is C16H25Cl2N3. The molecule has 0 aromatic carbocycles. The summed E-state index contributed by atoms with van der Waals surface area (Å²) in [5, 5.41) is 4.28. The van der Waals surface area contributed by atoms with Gasteiger partial charge in [0.15, 0.2) is 0 Å². The van der Waals surface area contributed by atoms with Crippen molar-refractivity contribution < 1.29 is 0 Å². The molecular weight excluding hydrogens is 305 g/mol. The van der Waals surface area contributed by atoms with Crippen LogP contribution < -0.4 is 5.32 Å².